The lowest BCUT2D eigenvalue weighted by molar-refractivity contribution is 0.466. The molecule has 1 aliphatic heterocycles. The number of hydrogen-bond acceptors (Lipinski definition) is 10. The van der Waals surface area contributed by atoms with Gasteiger partial charge in [-0.05, 0) is 68.5 Å². The van der Waals surface area contributed by atoms with Crippen molar-refractivity contribution in [2.45, 2.75) is 98.1 Å². The van der Waals surface area contributed by atoms with Gasteiger partial charge >= 0.3 is 0 Å². The van der Waals surface area contributed by atoms with E-state index >= 15 is 0 Å². The van der Waals surface area contributed by atoms with Crippen molar-refractivity contribution in [3.05, 3.63) is 92.9 Å². The Balaban J connectivity index is 1.98. The van der Waals surface area contributed by atoms with Crippen LogP contribution in [0.5, 0.6) is 11.5 Å². The molecule has 0 aromatic heterocycles. The molecule has 0 aliphatic carbocycles. The lowest BCUT2D eigenvalue weighted by Gasteiger charge is -2.34. The summed E-state index contributed by atoms with van der Waals surface area (Å²) in [4.78, 5) is -3.51. The average Bonchev–Trinajstić information content (AvgIpc) is 2.99. The van der Waals surface area contributed by atoms with E-state index in [2.05, 4.69) is 32.7 Å². The Morgan fingerprint density at radius 3 is 1.52 bits per heavy atom. The van der Waals surface area contributed by atoms with Gasteiger partial charge in [0.1, 0.15) is 26.2 Å². The van der Waals surface area contributed by atoms with Gasteiger partial charge < -0.3 is 10.1 Å². The lowest BCUT2D eigenvalue weighted by atomic mass is 9.74. The maximum atomic E-state index is 13.3. The Labute approximate surface area is 327 Å². The normalized spacial score (nSPS) is 14.2. The van der Waals surface area contributed by atoms with Crippen LogP contribution in [0.1, 0.15) is 90.1 Å². The van der Waals surface area contributed by atoms with Crippen LogP contribution in [0.4, 0.5) is 11.4 Å². The molecule has 0 amide bonds. The minimum absolute atomic E-state index is 0.164. The third kappa shape index (κ3) is 8.43. The summed E-state index contributed by atoms with van der Waals surface area (Å²) in [5, 5.41) is 2.73. The Bertz CT molecular complexity index is 2880. The van der Waals surface area contributed by atoms with E-state index in [1.54, 1.807) is 0 Å². The summed E-state index contributed by atoms with van der Waals surface area (Å²) in [7, 11) is -20.5. The van der Waals surface area contributed by atoms with Crippen LogP contribution in [0.3, 0.4) is 0 Å². The molecule has 0 fully saturated rings. The van der Waals surface area contributed by atoms with E-state index in [9.17, 15) is 51.9 Å². The van der Waals surface area contributed by atoms with Crippen molar-refractivity contribution in [1.29, 1.82) is 0 Å². The standard InChI is InChI=1S/C38H43NO13S4/c1-20-13-29-24(17-31(20)54(43,44)45)34(23-12-11-22(53(40,41)42)16-32(23)55(46,47)48)25-18-33(56(49,50)51)28(19-30(25)52-29)39-35-26(37(5,6)7)14-21(36(2,3)4)15-27(35)38(8,9)10/h11-19,39H,1H2,2-10H3,(H,40,41,42)(H,43,44,45)(H,46,47,48)(H,49,50,51). The molecule has 0 saturated carbocycles. The number of nitrogens with one attached hydrogen (secondary N) is 1. The van der Waals surface area contributed by atoms with Crippen LogP contribution in [-0.2, 0) is 56.7 Å². The van der Waals surface area contributed by atoms with Crippen molar-refractivity contribution < 1.29 is 56.6 Å². The predicted molar refractivity (Wildman–Crippen MR) is 211 cm³/mol. The van der Waals surface area contributed by atoms with Gasteiger partial charge in [-0.1, -0.05) is 87.1 Å². The first-order valence-corrected chi connectivity index (χ1v) is 22.6. The summed E-state index contributed by atoms with van der Waals surface area (Å²) in [5.41, 5.74) is 0.585. The van der Waals surface area contributed by atoms with E-state index in [0.717, 1.165) is 47.0 Å². The van der Waals surface area contributed by atoms with Crippen molar-refractivity contribution >= 4 is 64.0 Å². The monoisotopic (exact) mass is 849 g/mol. The van der Waals surface area contributed by atoms with Crippen LogP contribution in [0.25, 0.3) is 12.2 Å². The maximum absolute atomic E-state index is 13.3. The molecule has 0 unspecified atom stereocenters. The van der Waals surface area contributed by atoms with Gasteiger partial charge in [-0.15, -0.1) is 0 Å². The van der Waals surface area contributed by atoms with E-state index < -0.39 is 76.4 Å². The molecule has 1 aliphatic rings. The summed E-state index contributed by atoms with van der Waals surface area (Å²) in [6, 6.07) is 10.3. The number of anilines is 2. The molecule has 302 valence electrons. The first kappa shape index (κ1) is 43.0. The van der Waals surface area contributed by atoms with Crippen LogP contribution in [-0.4, -0.2) is 51.9 Å². The molecule has 0 radical (unpaired) electrons. The van der Waals surface area contributed by atoms with Crippen molar-refractivity contribution in [3.63, 3.8) is 0 Å². The van der Waals surface area contributed by atoms with E-state index in [1.165, 1.54) is 6.07 Å². The first-order chi connectivity index (χ1) is 25.1. The molecule has 5 rings (SSSR count). The molecule has 18 heteroatoms. The minimum atomic E-state index is -5.35. The smallest absolute Gasteiger partial charge is 0.296 e. The fraction of sp³-hybridized carbons (Fsp3) is 0.316. The van der Waals surface area contributed by atoms with Gasteiger partial charge in [-0.3, -0.25) is 18.2 Å². The zero-order chi connectivity index (χ0) is 42.5. The topological polar surface area (TPSA) is 239 Å². The van der Waals surface area contributed by atoms with E-state index in [4.69, 9.17) is 4.74 Å². The molecule has 0 atom stereocenters. The highest BCUT2D eigenvalue weighted by Crippen LogP contribution is 2.47. The van der Waals surface area contributed by atoms with Crippen LogP contribution in [0.15, 0.2) is 74.2 Å². The second kappa shape index (κ2) is 13.5. The zero-order valence-electron chi connectivity index (χ0n) is 32.0. The molecule has 5 N–H and O–H groups in total. The molecule has 1 heterocycles. The van der Waals surface area contributed by atoms with Gasteiger partial charge in [-0.25, -0.2) is 0 Å². The lowest BCUT2D eigenvalue weighted by Crippen LogP contribution is -2.25. The number of ether oxygens (including phenoxy) is 1. The molecule has 0 spiro atoms. The van der Waals surface area contributed by atoms with Crippen molar-refractivity contribution in [2.24, 2.45) is 0 Å². The first-order valence-electron chi connectivity index (χ1n) is 16.8. The van der Waals surface area contributed by atoms with Gasteiger partial charge in [0.25, 0.3) is 40.5 Å². The van der Waals surface area contributed by atoms with Crippen LogP contribution < -0.4 is 20.5 Å². The number of rotatable bonds is 7. The van der Waals surface area contributed by atoms with Crippen molar-refractivity contribution in [1.82, 2.24) is 0 Å². The molecule has 4 aromatic rings. The van der Waals surface area contributed by atoms with E-state index in [1.807, 2.05) is 53.7 Å². The third-order valence-corrected chi connectivity index (χ3v) is 12.8. The molecule has 0 bridgehead atoms. The summed E-state index contributed by atoms with van der Waals surface area (Å²) in [5.74, 6) is -0.335. The molecule has 4 aromatic carbocycles. The van der Waals surface area contributed by atoms with Crippen molar-refractivity contribution in [2.75, 3.05) is 5.32 Å². The Morgan fingerprint density at radius 2 is 1.07 bits per heavy atom. The fourth-order valence-electron chi connectivity index (χ4n) is 6.44. The van der Waals surface area contributed by atoms with E-state index in [-0.39, 0.29) is 44.2 Å². The SMILES string of the molecule is C=c1cc2c(cc1S(=O)(=O)O)=C(c1ccc(S(=O)(=O)O)cc1S(=O)(=O)O)c1cc(S(=O)(=O)O)c(Nc3c(C(C)(C)C)cc(C(C)(C)C)cc3C(C)(C)C)cc1O2. The summed E-state index contributed by atoms with van der Waals surface area (Å²) >= 11 is 0. The van der Waals surface area contributed by atoms with E-state index in [0.29, 0.717) is 11.8 Å². The molecule has 14 nitrogen and oxygen atoms in total. The third-order valence-electron chi connectivity index (χ3n) is 9.24. The number of fused-ring (bicyclic) bond motifs is 2. The molecule has 56 heavy (non-hydrogen) atoms. The quantitative estimate of drug-likeness (QED) is 0.117. The van der Waals surface area contributed by atoms with Gasteiger partial charge in [0, 0.05) is 33.7 Å². The largest absolute Gasteiger partial charge is 0.456 e. The maximum Gasteiger partial charge on any atom is 0.296 e. The summed E-state index contributed by atoms with van der Waals surface area (Å²) < 4.78 is 148. The van der Waals surface area contributed by atoms with Crippen molar-refractivity contribution in [3.8, 4) is 11.5 Å². The molecule has 0 saturated heterocycles. The highest BCUT2D eigenvalue weighted by molar-refractivity contribution is 7.87. The summed E-state index contributed by atoms with van der Waals surface area (Å²) in [6.07, 6.45) is 0. The highest BCUT2D eigenvalue weighted by atomic mass is 32.2. The van der Waals surface area contributed by atoms with Gasteiger partial charge in [0.2, 0.25) is 0 Å². The molecular formula is C38H43NO13S4. The zero-order valence-corrected chi connectivity index (χ0v) is 35.3. The number of hydrogen-bond donors (Lipinski definition) is 5. The average molecular weight is 850 g/mol. The van der Waals surface area contributed by atoms with Gasteiger partial charge in [0.15, 0.2) is 0 Å². The van der Waals surface area contributed by atoms with Gasteiger partial charge in [-0.2, -0.15) is 33.7 Å². The second-order valence-corrected chi connectivity index (χ2v) is 22.2. The fourth-order valence-corrected chi connectivity index (χ4v) is 9.05. The Hall–Kier alpha value is -4.14. The predicted octanol–water partition coefficient (Wildman–Crippen LogP) is 6.07. The Kier molecular flexibility index (Phi) is 10.3. The Morgan fingerprint density at radius 1 is 0.554 bits per heavy atom. The molecular weight excluding hydrogens is 807 g/mol. The highest BCUT2D eigenvalue weighted by Gasteiger charge is 2.34. The second-order valence-electron chi connectivity index (χ2n) is 16.7. The summed E-state index contributed by atoms with van der Waals surface area (Å²) in [6.45, 7) is 21.8. The van der Waals surface area contributed by atoms with Gasteiger partial charge in [0.05, 0.1) is 10.6 Å². The van der Waals surface area contributed by atoms with Crippen LogP contribution in [0.2, 0.25) is 0 Å². The van der Waals surface area contributed by atoms with Crippen LogP contribution in [0, 0.1) is 0 Å². The van der Waals surface area contributed by atoms with Crippen LogP contribution >= 0.6 is 0 Å². The minimum Gasteiger partial charge on any atom is -0.456 e. The number of benzene rings is 4.